The highest BCUT2D eigenvalue weighted by atomic mass is 19.4. The van der Waals surface area contributed by atoms with Crippen LogP contribution in [0.2, 0.25) is 0 Å². The Hall–Kier alpha value is -1.03. The third kappa shape index (κ3) is 3.79. The second-order valence-electron chi connectivity index (χ2n) is 7.10. The lowest BCUT2D eigenvalue weighted by Gasteiger charge is -2.37. The zero-order valence-corrected chi connectivity index (χ0v) is 12.9. The first-order chi connectivity index (χ1) is 9.60. The molecule has 21 heavy (non-hydrogen) atoms. The zero-order valence-electron chi connectivity index (χ0n) is 12.9. The molecule has 1 aromatic rings. The minimum absolute atomic E-state index is 0.164. The first-order valence-electron chi connectivity index (χ1n) is 7.53. The van der Waals surface area contributed by atoms with E-state index < -0.39 is 11.7 Å². The Kier molecular flexibility index (Phi) is 4.39. The van der Waals surface area contributed by atoms with E-state index in [-0.39, 0.29) is 6.04 Å². The molecule has 0 aliphatic heterocycles. The van der Waals surface area contributed by atoms with Crippen molar-refractivity contribution >= 4 is 0 Å². The highest BCUT2D eigenvalue weighted by Crippen LogP contribution is 2.42. The third-order valence-electron chi connectivity index (χ3n) is 4.85. The molecule has 1 unspecified atom stereocenters. The van der Waals surface area contributed by atoms with Gasteiger partial charge in [0.05, 0.1) is 5.56 Å². The molecule has 1 fully saturated rings. The van der Waals surface area contributed by atoms with Crippen LogP contribution in [-0.4, -0.2) is 0 Å². The van der Waals surface area contributed by atoms with Crippen LogP contribution in [0.15, 0.2) is 18.2 Å². The minimum atomic E-state index is -4.29. The van der Waals surface area contributed by atoms with Gasteiger partial charge < -0.3 is 5.73 Å². The normalized spacial score (nSPS) is 21.3. The van der Waals surface area contributed by atoms with Gasteiger partial charge in [-0.3, -0.25) is 0 Å². The van der Waals surface area contributed by atoms with Crippen molar-refractivity contribution < 1.29 is 13.2 Å². The molecular formula is C17H24F3N. The lowest BCUT2D eigenvalue weighted by Crippen LogP contribution is -2.29. The molecule has 0 heterocycles. The molecule has 1 saturated carbocycles. The standard InChI is InChI=1S/C17H24F3N/c1-11-10-13(17(18,19)20)4-5-14(11)15(21)12-6-8-16(2,3)9-7-12/h4-5,10,12,15H,6-9,21H2,1-3H3. The summed E-state index contributed by atoms with van der Waals surface area (Å²) < 4.78 is 38.1. The molecule has 0 radical (unpaired) electrons. The average Bonchev–Trinajstić information content (AvgIpc) is 2.36. The van der Waals surface area contributed by atoms with Crippen molar-refractivity contribution in [2.24, 2.45) is 17.1 Å². The number of hydrogen-bond acceptors (Lipinski definition) is 1. The number of aryl methyl sites for hydroxylation is 1. The number of benzene rings is 1. The number of nitrogens with two attached hydrogens (primary N) is 1. The van der Waals surface area contributed by atoms with Crippen LogP contribution in [0.1, 0.15) is 62.3 Å². The summed E-state index contributed by atoms with van der Waals surface area (Å²) in [6, 6.07) is 3.75. The Bertz CT molecular complexity index is 495. The third-order valence-corrected chi connectivity index (χ3v) is 4.85. The van der Waals surface area contributed by atoms with Gasteiger partial charge in [-0.2, -0.15) is 13.2 Å². The van der Waals surface area contributed by atoms with Crippen LogP contribution >= 0.6 is 0 Å². The summed E-state index contributed by atoms with van der Waals surface area (Å²) >= 11 is 0. The van der Waals surface area contributed by atoms with E-state index in [0.717, 1.165) is 37.3 Å². The van der Waals surface area contributed by atoms with Crippen LogP contribution in [-0.2, 0) is 6.18 Å². The smallest absolute Gasteiger partial charge is 0.324 e. The molecule has 1 aliphatic carbocycles. The van der Waals surface area contributed by atoms with Gasteiger partial charge in [-0.1, -0.05) is 19.9 Å². The van der Waals surface area contributed by atoms with Gasteiger partial charge >= 0.3 is 6.18 Å². The predicted octanol–water partition coefficient (Wildman–Crippen LogP) is 5.23. The fraction of sp³-hybridized carbons (Fsp3) is 0.647. The van der Waals surface area contributed by atoms with Gasteiger partial charge in [0, 0.05) is 6.04 Å². The molecule has 0 amide bonds. The highest BCUT2D eigenvalue weighted by molar-refractivity contribution is 5.34. The molecule has 118 valence electrons. The summed E-state index contributed by atoms with van der Waals surface area (Å²) in [6.45, 7) is 6.24. The summed E-state index contributed by atoms with van der Waals surface area (Å²) in [5.41, 5.74) is 7.60. The zero-order chi connectivity index (χ0) is 15.8. The van der Waals surface area contributed by atoms with Crippen molar-refractivity contribution in [2.45, 2.75) is 58.7 Å². The topological polar surface area (TPSA) is 26.0 Å². The van der Waals surface area contributed by atoms with E-state index in [2.05, 4.69) is 13.8 Å². The highest BCUT2D eigenvalue weighted by Gasteiger charge is 2.33. The molecule has 1 nitrogen and oxygen atoms in total. The number of alkyl halides is 3. The monoisotopic (exact) mass is 299 g/mol. The largest absolute Gasteiger partial charge is 0.416 e. The molecule has 0 aromatic heterocycles. The second-order valence-corrected chi connectivity index (χ2v) is 7.10. The van der Waals surface area contributed by atoms with Gasteiger partial charge in [0.2, 0.25) is 0 Å². The van der Waals surface area contributed by atoms with Crippen LogP contribution in [0.5, 0.6) is 0 Å². The van der Waals surface area contributed by atoms with Crippen LogP contribution in [0.4, 0.5) is 13.2 Å². The van der Waals surface area contributed by atoms with E-state index in [9.17, 15) is 13.2 Å². The lowest BCUT2D eigenvalue weighted by molar-refractivity contribution is -0.137. The Morgan fingerprint density at radius 1 is 1.19 bits per heavy atom. The Balaban J connectivity index is 2.15. The van der Waals surface area contributed by atoms with Gasteiger partial charge in [-0.15, -0.1) is 0 Å². The summed E-state index contributed by atoms with van der Waals surface area (Å²) in [4.78, 5) is 0. The predicted molar refractivity (Wildman–Crippen MR) is 78.8 cm³/mol. The first kappa shape index (κ1) is 16.3. The van der Waals surface area contributed by atoms with Crippen molar-refractivity contribution in [3.05, 3.63) is 34.9 Å². The fourth-order valence-corrected chi connectivity index (χ4v) is 3.26. The van der Waals surface area contributed by atoms with Gasteiger partial charge in [0.15, 0.2) is 0 Å². The second kappa shape index (κ2) is 5.64. The SMILES string of the molecule is Cc1cc(C(F)(F)F)ccc1C(N)C1CCC(C)(C)CC1. The molecule has 0 saturated heterocycles. The van der Waals surface area contributed by atoms with Crippen LogP contribution in [0.25, 0.3) is 0 Å². The van der Waals surface area contributed by atoms with Crippen molar-refractivity contribution in [2.75, 3.05) is 0 Å². The first-order valence-corrected chi connectivity index (χ1v) is 7.53. The number of rotatable bonds is 2. The summed E-state index contributed by atoms with van der Waals surface area (Å²) in [5, 5.41) is 0. The maximum atomic E-state index is 12.7. The Labute approximate surface area is 124 Å². The molecule has 0 bridgehead atoms. The molecule has 1 aromatic carbocycles. The molecule has 0 spiro atoms. The Morgan fingerprint density at radius 2 is 1.76 bits per heavy atom. The van der Waals surface area contributed by atoms with Crippen molar-refractivity contribution in [3.63, 3.8) is 0 Å². The van der Waals surface area contributed by atoms with E-state index in [1.807, 2.05) is 0 Å². The van der Waals surface area contributed by atoms with E-state index in [4.69, 9.17) is 5.73 Å². The van der Waals surface area contributed by atoms with E-state index in [1.54, 1.807) is 13.0 Å². The molecule has 2 N–H and O–H groups in total. The quantitative estimate of drug-likeness (QED) is 0.795. The maximum absolute atomic E-state index is 12.7. The van der Waals surface area contributed by atoms with Crippen LogP contribution in [0.3, 0.4) is 0 Å². The summed E-state index contributed by atoms with van der Waals surface area (Å²) in [7, 11) is 0. The molecule has 1 aliphatic rings. The van der Waals surface area contributed by atoms with Crippen LogP contribution in [0, 0.1) is 18.3 Å². The molecule has 4 heteroatoms. The van der Waals surface area contributed by atoms with Gasteiger partial charge in [0.25, 0.3) is 0 Å². The van der Waals surface area contributed by atoms with Gasteiger partial charge in [-0.05, 0) is 67.2 Å². The Morgan fingerprint density at radius 3 is 2.24 bits per heavy atom. The van der Waals surface area contributed by atoms with E-state index in [0.29, 0.717) is 16.9 Å². The molecule has 2 rings (SSSR count). The van der Waals surface area contributed by atoms with E-state index in [1.165, 1.54) is 6.07 Å². The van der Waals surface area contributed by atoms with E-state index >= 15 is 0 Å². The molecule has 1 atom stereocenters. The van der Waals surface area contributed by atoms with Crippen molar-refractivity contribution in [3.8, 4) is 0 Å². The van der Waals surface area contributed by atoms with Crippen LogP contribution < -0.4 is 5.73 Å². The average molecular weight is 299 g/mol. The number of halogens is 3. The molecular weight excluding hydrogens is 275 g/mol. The van der Waals surface area contributed by atoms with Gasteiger partial charge in [-0.25, -0.2) is 0 Å². The number of hydrogen-bond donors (Lipinski definition) is 1. The summed E-state index contributed by atoms with van der Waals surface area (Å²) in [5.74, 6) is 0.369. The van der Waals surface area contributed by atoms with Crippen molar-refractivity contribution in [1.29, 1.82) is 0 Å². The van der Waals surface area contributed by atoms with Crippen molar-refractivity contribution in [1.82, 2.24) is 0 Å². The fourth-order valence-electron chi connectivity index (χ4n) is 3.26. The summed E-state index contributed by atoms with van der Waals surface area (Å²) in [6.07, 6.45) is 0.0710. The van der Waals surface area contributed by atoms with Gasteiger partial charge in [0.1, 0.15) is 0 Å². The maximum Gasteiger partial charge on any atom is 0.416 e. The minimum Gasteiger partial charge on any atom is -0.324 e. The lowest BCUT2D eigenvalue weighted by atomic mass is 9.70.